The van der Waals surface area contributed by atoms with Crippen LogP contribution in [0.3, 0.4) is 0 Å². The molecule has 2 fully saturated rings. The summed E-state index contributed by atoms with van der Waals surface area (Å²) >= 11 is 0. The number of hydrogen-bond acceptors (Lipinski definition) is 6. The summed E-state index contributed by atoms with van der Waals surface area (Å²) in [6.07, 6.45) is 6.82. The number of benzene rings is 2. The van der Waals surface area contributed by atoms with Crippen molar-refractivity contribution in [3.63, 3.8) is 0 Å². The number of nitrogens with two attached hydrogens (primary N) is 1. The molecule has 2 aromatic carbocycles. The van der Waals surface area contributed by atoms with Gasteiger partial charge in [-0.2, -0.15) is 0 Å². The molecule has 1 saturated carbocycles. The highest BCUT2D eigenvalue weighted by molar-refractivity contribution is 5.95. The molecule has 1 saturated heterocycles. The summed E-state index contributed by atoms with van der Waals surface area (Å²) in [5, 5.41) is 6.47. The molecule has 1 aliphatic heterocycles. The van der Waals surface area contributed by atoms with Crippen molar-refractivity contribution in [3.8, 4) is 5.69 Å². The summed E-state index contributed by atoms with van der Waals surface area (Å²) < 4.78 is 1.56. The van der Waals surface area contributed by atoms with Crippen molar-refractivity contribution < 1.29 is 9.59 Å². The van der Waals surface area contributed by atoms with Crippen LogP contribution in [0.4, 0.5) is 5.82 Å². The highest BCUT2D eigenvalue weighted by Crippen LogP contribution is 2.28. The van der Waals surface area contributed by atoms with Crippen molar-refractivity contribution in [2.45, 2.75) is 51.6 Å². The molecule has 2 unspecified atom stereocenters. The molecular formula is C31H38N6O3. The second-order valence-corrected chi connectivity index (χ2v) is 11.2. The van der Waals surface area contributed by atoms with Crippen LogP contribution in [0, 0.1) is 18.8 Å². The van der Waals surface area contributed by atoms with E-state index in [0.29, 0.717) is 11.3 Å². The molecule has 2 amide bonds. The molecule has 1 aliphatic carbocycles. The number of likely N-dealkylation sites (tertiary alicyclic amines) is 1. The first-order valence-corrected chi connectivity index (χ1v) is 14.1. The molecule has 210 valence electrons. The maximum Gasteiger partial charge on any atom is 0.297 e. The summed E-state index contributed by atoms with van der Waals surface area (Å²) in [5.74, 6) is -0.000854. The van der Waals surface area contributed by atoms with Gasteiger partial charge >= 0.3 is 0 Å². The third-order valence-electron chi connectivity index (χ3n) is 8.04. The minimum absolute atomic E-state index is 0.0525. The Bertz CT molecular complexity index is 1410. The summed E-state index contributed by atoms with van der Waals surface area (Å²) in [6.45, 7) is 6.53. The summed E-state index contributed by atoms with van der Waals surface area (Å²) in [7, 11) is 0. The third kappa shape index (κ3) is 6.42. The lowest BCUT2D eigenvalue weighted by Gasteiger charge is -2.35. The van der Waals surface area contributed by atoms with Crippen molar-refractivity contribution in [2.75, 3.05) is 25.0 Å². The van der Waals surface area contributed by atoms with Crippen molar-refractivity contribution in [1.29, 1.82) is 0 Å². The van der Waals surface area contributed by atoms with Crippen LogP contribution in [0.1, 0.15) is 60.1 Å². The van der Waals surface area contributed by atoms with Crippen LogP contribution in [-0.2, 0) is 4.79 Å². The van der Waals surface area contributed by atoms with Crippen molar-refractivity contribution in [1.82, 2.24) is 19.8 Å². The zero-order chi connectivity index (χ0) is 28.2. The monoisotopic (exact) mass is 542 g/mol. The number of hydrogen-bond donors (Lipinski definition) is 3. The molecule has 1 aromatic heterocycles. The SMILES string of the molecule is Cc1ccc(C(=O)NC2CC2)cc1-n1ccnc(NC(c2ccccc2)C(C)CN2CCC(C(N)=O)CC2)c1=O. The van der Waals surface area contributed by atoms with E-state index in [1.807, 2.05) is 31.2 Å². The van der Waals surface area contributed by atoms with Crippen LogP contribution in [-0.4, -0.2) is 51.9 Å². The van der Waals surface area contributed by atoms with Gasteiger partial charge in [0.15, 0.2) is 5.82 Å². The second-order valence-electron chi connectivity index (χ2n) is 11.2. The Hall–Kier alpha value is -3.98. The minimum atomic E-state index is -0.277. The van der Waals surface area contributed by atoms with E-state index in [1.165, 1.54) is 0 Å². The summed E-state index contributed by atoms with van der Waals surface area (Å²) in [5.41, 5.74) is 8.37. The fourth-order valence-electron chi connectivity index (χ4n) is 5.48. The lowest BCUT2D eigenvalue weighted by molar-refractivity contribution is -0.123. The third-order valence-corrected chi connectivity index (χ3v) is 8.04. The summed E-state index contributed by atoms with van der Waals surface area (Å²) in [4.78, 5) is 44.8. The first kappa shape index (κ1) is 27.6. The van der Waals surface area contributed by atoms with Crippen LogP contribution in [0.5, 0.6) is 0 Å². The number of primary amides is 1. The number of aromatic nitrogens is 2. The zero-order valence-corrected chi connectivity index (χ0v) is 23.2. The number of carbonyl (C=O) groups is 2. The molecule has 5 rings (SSSR count). The molecular weight excluding hydrogens is 504 g/mol. The van der Waals surface area contributed by atoms with E-state index >= 15 is 0 Å². The Kier molecular flexibility index (Phi) is 8.30. The van der Waals surface area contributed by atoms with Gasteiger partial charge in [-0.25, -0.2) is 4.98 Å². The van der Waals surface area contributed by atoms with E-state index < -0.39 is 0 Å². The molecule has 0 bridgehead atoms. The molecule has 0 radical (unpaired) electrons. The van der Waals surface area contributed by atoms with E-state index in [1.54, 1.807) is 29.1 Å². The van der Waals surface area contributed by atoms with Gasteiger partial charge < -0.3 is 21.3 Å². The van der Waals surface area contributed by atoms with Gasteiger partial charge in [0.05, 0.1) is 11.7 Å². The number of rotatable bonds is 10. The van der Waals surface area contributed by atoms with Crippen LogP contribution in [0.25, 0.3) is 5.69 Å². The van der Waals surface area contributed by atoms with E-state index in [2.05, 4.69) is 39.6 Å². The number of nitrogens with one attached hydrogen (secondary N) is 2. The highest BCUT2D eigenvalue weighted by atomic mass is 16.2. The molecule has 9 nitrogen and oxygen atoms in total. The van der Waals surface area contributed by atoms with Crippen molar-refractivity contribution in [3.05, 3.63) is 88.0 Å². The van der Waals surface area contributed by atoms with Crippen LogP contribution in [0.15, 0.2) is 65.7 Å². The van der Waals surface area contributed by atoms with E-state index in [9.17, 15) is 14.4 Å². The zero-order valence-electron chi connectivity index (χ0n) is 23.2. The molecule has 2 heterocycles. The number of aryl methyl sites for hydroxylation is 1. The average molecular weight is 543 g/mol. The molecule has 2 aliphatic rings. The van der Waals surface area contributed by atoms with Gasteiger partial charge in [0.2, 0.25) is 5.91 Å². The predicted molar refractivity (Wildman–Crippen MR) is 155 cm³/mol. The number of carbonyl (C=O) groups excluding carboxylic acids is 2. The number of amides is 2. The fourth-order valence-corrected chi connectivity index (χ4v) is 5.48. The second kappa shape index (κ2) is 12.0. The quantitative estimate of drug-likeness (QED) is 0.361. The highest BCUT2D eigenvalue weighted by Gasteiger charge is 2.28. The predicted octanol–water partition coefficient (Wildman–Crippen LogP) is 3.42. The topological polar surface area (TPSA) is 122 Å². The Morgan fingerprint density at radius 1 is 1.07 bits per heavy atom. The largest absolute Gasteiger partial charge is 0.369 e. The van der Waals surface area contributed by atoms with Gasteiger partial charge in [0.1, 0.15) is 0 Å². The van der Waals surface area contributed by atoms with E-state index in [4.69, 9.17) is 5.73 Å². The van der Waals surface area contributed by atoms with Gasteiger partial charge in [0.25, 0.3) is 11.5 Å². The molecule has 9 heteroatoms. The van der Waals surface area contributed by atoms with Gasteiger partial charge in [-0.05, 0) is 74.9 Å². The molecule has 4 N–H and O–H groups in total. The smallest absolute Gasteiger partial charge is 0.297 e. The Balaban J connectivity index is 1.39. The molecule has 2 atom stereocenters. The van der Waals surface area contributed by atoms with Crippen LogP contribution >= 0.6 is 0 Å². The van der Waals surface area contributed by atoms with Gasteiger partial charge in [-0.3, -0.25) is 19.0 Å². The van der Waals surface area contributed by atoms with E-state index in [0.717, 1.165) is 56.4 Å². The van der Waals surface area contributed by atoms with Gasteiger partial charge in [-0.1, -0.05) is 43.3 Å². The molecule has 3 aromatic rings. The minimum Gasteiger partial charge on any atom is -0.369 e. The molecule has 0 spiro atoms. The summed E-state index contributed by atoms with van der Waals surface area (Å²) in [6, 6.07) is 15.6. The first-order valence-electron chi connectivity index (χ1n) is 14.1. The van der Waals surface area contributed by atoms with Crippen molar-refractivity contribution >= 4 is 17.6 Å². The standard InChI is InChI=1S/C31H38N6O3/c1-20-8-9-24(30(39)34-25-10-11-25)18-26(20)37-17-14-33-29(31(37)40)35-27(22-6-4-3-5-7-22)21(2)19-36-15-12-23(13-16-36)28(32)38/h3-9,14,17-18,21,23,25,27H,10-13,15-16,19H2,1-2H3,(H2,32,38)(H,33,35)(H,34,39). The fraction of sp³-hybridized carbons (Fsp3) is 0.419. The number of piperidine rings is 1. The number of anilines is 1. The van der Waals surface area contributed by atoms with E-state index in [-0.39, 0.29) is 47.1 Å². The van der Waals surface area contributed by atoms with Gasteiger partial charge in [0, 0.05) is 36.5 Å². The molecule has 40 heavy (non-hydrogen) atoms. The maximum atomic E-state index is 13.8. The Morgan fingerprint density at radius 2 is 1.80 bits per heavy atom. The normalized spacial score (nSPS) is 17.6. The lowest BCUT2D eigenvalue weighted by atomic mass is 9.91. The number of nitrogens with zero attached hydrogens (tertiary/aromatic N) is 3. The average Bonchev–Trinajstić information content (AvgIpc) is 3.77. The van der Waals surface area contributed by atoms with Crippen molar-refractivity contribution in [2.24, 2.45) is 17.6 Å². The maximum absolute atomic E-state index is 13.8. The Labute approximate surface area is 234 Å². The van der Waals surface area contributed by atoms with Crippen LogP contribution in [0.2, 0.25) is 0 Å². The Morgan fingerprint density at radius 3 is 2.48 bits per heavy atom. The first-order chi connectivity index (χ1) is 19.3. The lowest BCUT2D eigenvalue weighted by Crippen LogP contribution is -2.42. The van der Waals surface area contributed by atoms with Crippen LogP contribution < -0.4 is 21.9 Å². The van der Waals surface area contributed by atoms with Gasteiger partial charge in [-0.15, -0.1) is 0 Å².